The monoisotopic (exact) mass is 334 g/mol. The van der Waals surface area contributed by atoms with Crippen molar-refractivity contribution >= 4 is 11.9 Å². The highest BCUT2D eigenvalue weighted by Gasteiger charge is 2.69. The average molecular weight is 334 g/mol. The van der Waals surface area contributed by atoms with Crippen LogP contribution >= 0.6 is 0 Å². The molecule has 1 spiro atoms. The van der Waals surface area contributed by atoms with Gasteiger partial charge in [0.25, 0.3) is 0 Å². The molecule has 0 aromatic rings. The number of cyclic esters (lactones) is 1. The Labute approximate surface area is 145 Å². The summed E-state index contributed by atoms with van der Waals surface area (Å²) < 4.78 is 11.3. The fraction of sp³-hybridized carbons (Fsp3) is 0.800. The second kappa shape index (κ2) is 5.89. The van der Waals surface area contributed by atoms with E-state index in [2.05, 4.69) is 20.4 Å². The van der Waals surface area contributed by atoms with E-state index in [0.717, 1.165) is 24.8 Å². The summed E-state index contributed by atoms with van der Waals surface area (Å²) in [6.45, 7) is 12.9. The molecular formula is C20H30O4. The van der Waals surface area contributed by atoms with E-state index in [9.17, 15) is 9.59 Å². The van der Waals surface area contributed by atoms with Gasteiger partial charge in [-0.3, -0.25) is 9.59 Å². The summed E-state index contributed by atoms with van der Waals surface area (Å²) in [7, 11) is 0. The minimum Gasteiger partial charge on any atom is -0.460 e. The average Bonchev–Trinajstić information content (AvgIpc) is 2.91. The molecule has 0 bridgehead atoms. The van der Waals surface area contributed by atoms with E-state index < -0.39 is 11.5 Å². The minimum atomic E-state index is -0.829. The molecule has 134 valence electrons. The summed E-state index contributed by atoms with van der Waals surface area (Å²) in [5, 5.41) is 0. The Kier molecular flexibility index (Phi) is 4.29. The zero-order valence-electron chi connectivity index (χ0n) is 15.4. The number of ether oxygens (including phenoxy) is 2. The molecule has 1 heterocycles. The molecule has 5 unspecified atom stereocenters. The first-order valence-corrected chi connectivity index (χ1v) is 9.26. The van der Waals surface area contributed by atoms with E-state index in [0.29, 0.717) is 18.8 Å². The highest BCUT2D eigenvalue weighted by Crippen LogP contribution is 2.65. The molecule has 3 aliphatic rings. The fourth-order valence-electron chi connectivity index (χ4n) is 5.29. The molecule has 5 atom stereocenters. The molecule has 0 aromatic heterocycles. The van der Waals surface area contributed by atoms with Crippen LogP contribution in [0.3, 0.4) is 0 Å². The van der Waals surface area contributed by atoms with Crippen molar-refractivity contribution in [3.05, 3.63) is 12.2 Å². The Morgan fingerprint density at radius 1 is 1.42 bits per heavy atom. The summed E-state index contributed by atoms with van der Waals surface area (Å²) in [5.74, 6) is 0.509. The van der Waals surface area contributed by atoms with Crippen LogP contribution in [0.5, 0.6) is 0 Å². The first-order valence-electron chi connectivity index (χ1n) is 9.26. The maximum absolute atomic E-state index is 12.7. The van der Waals surface area contributed by atoms with Crippen LogP contribution in [0.4, 0.5) is 0 Å². The first-order chi connectivity index (χ1) is 11.2. The molecule has 0 radical (unpaired) electrons. The van der Waals surface area contributed by atoms with E-state index in [1.54, 1.807) is 0 Å². The van der Waals surface area contributed by atoms with Gasteiger partial charge in [0.2, 0.25) is 0 Å². The molecule has 0 N–H and O–H groups in total. The summed E-state index contributed by atoms with van der Waals surface area (Å²) in [5.41, 5.74) is -0.0458. The standard InChI is InChI=1S/C20H30O4/c1-12(2)9-16(21)24-17-15-8-6-7-13(3)19(15,5)11-20(17)14(4)10-23-18(20)22/h12-13,15,17H,4,6-11H2,1-3,5H3. The molecular weight excluding hydrogens is 304 g/mol. The molecule has 2 saturated carbocycles. The van der Waals surface area contributed by atoms with E-state index >= 15 is 0 Å². The Bertz CT molecular complexity index is 548. The number of carbonyl (C=O) groups excluding carboxylic acids is 2. The highest BCUT2D eigenvalue weighted by atomic mass is 16.6. The lowest BCUT2D eigenvalue weighted by Gasteiger charge is -2.43. The number of esters is 2. The molecule has 4 heteroatoms. The van der Waals surface area contributed by atoms with Gasteiger partial charge in [-0.1, -0.05) is 47.1 Å². The lowest BCUT2D eigenvalue weighted by Crippen LogP contribution is -2.43. The van der Waals surface area contributed by atoms with Crippen LogP contribution in [-0.2, 0) is 19.1 Å². The van der Waals surface area contributed by atoms with Crippen LogP contribution in [0.15, 0.2) is 12.2 Å². The largest absolute Gasteiger partial charge is 0.460 e. The Morgan fingerprint density at radius 2 is 2.12 bits per heavy atom. The number of fused-ring (bicyclic) bond motifs is 1. The zero-order valence-corrected chi connectivity index (χ0v) is 15.4. The topological polar surface area (TPSA) is 52.6 Å². The quantitative estimate of drug-likeness (QED) is 0.580. The third-order valence-corrected chi connectivity index (χ3v) is 6.84. The molecule has 2 aliphatic carbocycles. The number of hydrogen-bond acceptors (Lipinski definition) is 4. The van der Waals surface area contributed by atoms with E-state index in [4.69, 9.17) is 9.47 Å². The van der Waals surface area contributed by atoms with E-state index in [1.165, 1.54) is 0 Å². The van der Waals surface area contributed by atoms with E-state index in [-0.39, 0.29) is 35.8 Å². The predicted molar refractivity (Wildman–Crippen MR) is 91.1 cm³/mol. The summed E-state index contributed by atoms with van der Waals surface area (Å²) in [6, 6.07) is 0. The number of rotatable bonds is 3. The minimum absolute atomic E-state index is 0.00662. The van der Waals surface area contributed by atoms with Crippen LogP contribution in [0.25, 0.3) is 0 Å². The van der Waals surface area contributed by atoms with Gasteiger partial charge in [0.15, 0.2) is 0 Å². The van der Waals surface area contributed by atoms with Gasteiger partial charge in [-0.25, -0.2) is 0 Å². The lowest BCUT2D eigenvalue weighted by atomic mass is 9.63. The zero-order chi connectivity index (χ0) is 17.7. The SMILES string of the molecule is C=C1COC(=O)C12CC1(C)C(C)CCCC1C2OC(=O)CC(C)C. The van der Waals surface area contributed by atoms with Crippen molar-refractivity contribution in [2.45, 2.75) is 65.9 Å². The molecule has 1 saturated heterocycles. The second-order valence-electron chi connectivity index (χ2n) is 8.78. The second-order valence-corrected chi connectivity index (χ2v) is 8.78. The molecule has 0 aromatic carbocycles. The van der Waals surface area contributed by atoms with Crippen LogP contribution in [-0.4, -0.2) is 24.6 Å². The Hall–Kier alpha value is -1.32. The Balaban J connectivity index is 1.98. The predicted octanol–water partition coefficient (Wildman–Crippen LogP) is 3.89. The molecule has 3 rings (SSSR count). The molecule has 1 aliphatic heterocycles. The third-order valence-electron chi connectivity index (χ3n) is 6.84. The lowest BCUT2D eigenvalue weighted by molar-refractivity contribution is -0.164. The maximum atomic E-state index is 12.7. The van der Waals surface area contributed by atoms with Crippen molar-refractivity contribution in [2.24, 2.45) is 28.6 Å². The van der Waals surface area contributed by atoms with E-state index in [1.807, 2.05) is 13.8 Å². The smallest absolute Gasteiger partial charge is 0.320 e. The maximum Gasteiger partial charge on any atom is 0.320 e. The van der Waals surface area contributed by atoms with Gasteiger partial charge in [-0.2, -0.15) is 0 Å². The molecule has 4 nitrogen and oxygen atoms in total. The normalized spacial score (nSPS) is 41.6. The van der Waals surface area contributed by atoms with Gasteiger partial charge in [-0.15, -0.1) is 0 Å². The van der Waals surface area contributed by atoms with Gasteiger partial charge in [0.1, 0.15) is 18.1 Å². The highest BCUT2D eigenvalue weighted by molar-refractivity contribution is 5.86. The van der Waals surface area contributed by atoms with Gasteiger partial charge < -0.3 is 9.47 Å². The first kappa shape index (κ1) is 17.5. The van der Waals surface area contributed by atoms with Gasteiger partial charge in [0.05, 0.1) is 0 Å². The van der Waals surface area contributed by atoms with Crippen LogP contribution < -0.4 is 0 Å². The molecule has 3 fully saturated rings. The summed E-state index contributed by atoms with van der Waals surface area (Å²) >= 11 is 0. The summed E-state index contributed by atoms with van der Waals surface area (Å²) in [4.78, 5) is 25.2. The van der Waals surface area contributed by atoms with Gasteiger partial charge >= 0.3 is 11.9 Å². The Morgan fingerprint density at radius 3 is 2.71 bits per heavy atom. The van der Waals surface area contributed by atoms with Crippen molar-refractivity contribution in [2.75, 3.05) is 6.61 Å². The van der Waals surface area contributed by atoms with Crippen LogP contribution in [0, 0.1) is 28.6 Å². The van der Waals surface area contributed by atoms with Crippen molar-refractivity contribution in [3.63, 3.8) is 0 Å². The van der Waals surface area contributed by atoms with Crippen molar-refractivity contribution < 1.29 is 19.1 Å². The van der Waals surface area contributed by atoms with Crippen molar-refractivity contribution in [3.8, 4) is 0 Å². The molecule has 0 amide bonds. The third kappa shape index (κ3) is 2.41. The van der Waals surface area contributed by atoms with Crippen molar-refractivity contribution in [1.82, 2.24) is 0 Å². The molecule has 24 heavy (non-hydrogen) atoms. The number of carbonyl (C=O) groups is 2. The van der Waals surface area contributed by atoms with Gasteiger partial charge in [-0.05, 0) is 35.7 Å². The summed E-state index contributed by atoms with van der Waals surface area (Å²) in [6.07, 6.45) is 3.95. The van der Waals surface area contributed by atoms with Crippen molar-refractivity contribution in [1.29, 1.82) is 0 Å². The van der Waals surface area contributed by atoms with Gasteiger partial charge in [0, 0.05) is 12.3 Å². The number of hydrogen-bond donors (Lipinski definition) is 0. The van der Waals surface area contributed by atoms with Crippen LogP contribution in [0.2, 0.25) is 0 Å². The van der Waals surface area contributed by atoms with Crippen LogP contribution in [0.1, 0.15) is 59.8 Å². The fourth-order valence-corrected chi connectivity index (χ4v) is 5.29.